The van der Waals surface area contributed by atoms with E-state index in [0.717, 1.165) is 6.42 Å². The average Bonchev–Trinajstić information content (AvgIpc) is 2.14. The lowest BCUT2D eigenvalue weighted by molar-refractivity contribution is -0.120. The molecule has 0 aromatic heterocycles. The minimum Gasteiger partial charge on any atom is -0.385 e. The third-order valence-electron chi connectivity index (χ3n) is 1.79. The SMILES string of the molecule is C#CCCCC(=O)C(N)CCOC. The molecule has 0 saturated carbocycles. The van der Waals surface area contributed by atoms with Gasteiger partial charge in [-0.05, 0) is 12.8 Å². The Hall–Kier alpha value is -0.850. The molecule has 0 rings (SSSR count). The number of hydrogen-bond acceptors (Lipinski definition) is 3. The van der Waals surface area contributed by atoms with Crippen LogP contribution in [-0.4, -0.2) is 25.5 Å². The van der Waals surface area contributed by atoms with Crippen LogP contribution in [0.3, 0.4) is 0 Å². The highest BCUT2D eigenvalue weighted by Gasteiger charge is 2.11. The van der Waals surface area contributed by atoms with Crippen LogP contribution in [0.4, 0.5) is 0 Å². The Kier molecular flexibility index (Phi) is 7.27. The Balaban J connectivity index is 3.52. The fourth-order valence-corrected chi connectivity index (χ4v) is 0.956. The van der Waals surface area contributed by atoms with Gasteiger partial charge in [-0.2, -0.15) is 0 Å². The lowest BCUT2D eigenvalue weighted by Gasteiger charge is -2.08. The minimum absolute atomic E-state index is 0.0762. The summed E-state index contributed by atoms with van der Waals surface area (Å²) in [5.74, 6) is 2.56. The summed E-state index contributed by atoms with van der Waals surface area (Å²) < 4.78 is 4.82. The molecule has 1 unspecified atom stereocenters. The predicted molar refractivity (Wildman–Crippen MR) is 52.2 cm³/mol. The summed E-state index contributed by atoms with van der Waals surface area (Å²) in [6, 6.07) is -0.391. The maximum Gasteiger partial charge on any atom is 0.149 e. The second kappa shape index (κ2) is 7.78. The second-order valence-corrected chi connectivity index (χ2v) is 2.91. The van der Waals surface area contributed by atoms with Crippen molar-refractivity contribution < 1.29 is 9.53 Å². The molecule has 3 nitrogen and oxygen atoms in total. The van der Waals surface area contributed by atoms with Crippen LogP contribution in [0.25, 0.3) is 0 Å². The van der Waals surface area contributed by atoms with Crippen molar-refractivity contribution in [1.29, 1.82) is 0 Å². The number of nitrogens with two attached hydrogens (primary N) is 1. The monoisotopic (exact) mass is 183 g/mol. The van der Waals surface area contributed by atoms with Crippen molar-refractivity contribution >= 4 is 5.78 Å². The number of methoxy groups -OCH3 is 1. The third kappa shape index (κ3) is 6.32. The number of unbranched alkanes of at least 4 members (excludes halogenated alkanes) is 1. The Morgan fingerprint density at radius 2 is 2.38 bits per heavy atom. The van der Waals surface area contributed by atoms with E-state index in [4.69, 9.17) is 16.9 Å². The molecule has 0 aliphatic carbocycles. The van der Waals surface area contributed by atoms with Gasteiger partial charge in [0, 0.05) is 26.6 Å². The molecule has 74 valence electrons. The molecule has 0 spiro atoms. The standard InChI is InChI=1S/C10H17NO2/c1-3-4-5-6-10(12)9(11)7-8-13-2/h1,9H,4-8,11H2,2H3. The van der Waals surface area contributed by atoms with Crippen LogP contribution in [0, 0.1) is 12.3 Å². The Bertz CT molecular complexity index is 184. The topological polar surface area (TPSA) is 52.3 Å². The van der Waals surface area contributed by atoms with Gasteiger partial charge in [-0.25, -0.2) is 0 Å². The lowest BCUT2D eigenvalue weighted by atomic mass is 10.1. The first-order chi connectivity index (χ1) is 6.22. The molecule has 0 fully saturated rings. The van der Waals surface area contributed by atoms with Crippen LogP contribution in [0.15, 0.2) is 0 Å². The summed E-state index contributed by atoms with van der Waals surface area (Å²) in [7, 11) is 1.59. The zero-order chi connectivity index (χ0) is 10.1. The number of rotatable bonds is 7. The van der Waals surface area contributed by atoms with Gasteiger partial charge < -0.3 is 10.5 Å². The van der Waals surface area contributed by atoms with Crippen LogP contribution in [0.1, 0.15) is 25.7 Å². The first-order valence-corrected chi connectivity index (χ1v) is 4.43. The van der Waals surface area contributed by atoms with Crippen molar-refractivity contribution in [3.63, 3.8) is 0 Å². The molecule has 0 aliphatic rings. The highest BCUT2D eigenvalue weighted by molar-refractivity contribution is 5.83. The number of hydrogen-bond donors (Lipinski definition) is 1. The summed E-state index contributed by atoms with van der Waals surface area (Å²) in [5, 5.41) is 0. The highest BCUT2D eigenvalue weighted by atomic mass is 16.5. The van der Waals surface area contributed by atoms with Crippen molar-refractivity contribution in [2.24, 2.45) is 5.73 Å². The van der Waals surface area contributed by atoms with Crippen LogP contribution in [0.2, 0.25) is 0 Å². The van der Waals surface area contributed by atoms with E-state index < -0.39 is 6.04 Å². The number of terminal acetylenes is 1. The van der Waals surface area contributed by atoms with E-state index in [-0.39, 0.29) is 5.78 Å². The Morgan fingerprint density at radius 1 is 1.69 bits per heavy atom. The number of carbonyl (C=O) groups is 1. The lowest BCUT2D eigenvalue weighted by Crippen LogP contribution is -2.31. The van der Waals surface area contributed by atoms with Gasteiger partial charge in [0.1, 0.15) is 5.78 Å². The molecule has 0 aliphatic heterocycles. The Morgan fingerprint density at radius 3 is 2.92 bits per heavy atom. The van der Waals surface area contributed by atoms with Gasteiger partial charge in [0.2, 0.25) is 0 Å². The van der Waals surface area contributed by atoms with Gasteiger partial charge in [-0.1, -0.05) is 0 Å². The van der Waals surface area contributed by atoms with Crippen molar-refractivity contribution in [3.05, 3.63) is 0 Å². The molecule has 2 N–H and O–H groups in total. The van der Waals surface area contributed by atoms with Crippen molar-refractivity contribution in [2.75, 3.05) is 13.7 Å². The zero-order valence-corrected chi connectivity index (χ0v) is 8.08. The average molecular weight is 183 g/mol. The van der Waals surface area contributed by atoms with E-state index in [2.05, 4.69) is 5.92 Å². The summed E-state index contributed by atoms with van der Waals surface area (Å²) in [4.78, 5) is 11.3. The van der Waals surface area contributed by atoms with E-state index in [1.807, 2.05) is 0 Å². The van der Waals surface area contributed by atoms with Gasteiger partial charge in [0.05, 0.1) is 6.04 Å². The molecule has 0 bridgehead atoms. The van der Waals surface area contributed by atoms with Crippen LogP contribution < -0.4 is 5.73 Å². The summed E-state index contributed by atoms with van der Waals surface area (Å²) in [6.07, 6.45) is 7.50. The van der Waals surface area contributed by atoms with Gasteiger partial charge in [0.25, 0.3) is 0 Å². The van der Waals surface area contributed by atoms with Crippen molar-refractivity contribution in [3.8, 4) is 12.3 Å². The fourth-order valence-electron chi connectivity index (χ4n) is 0.956. The van der Waals surface area contributed by atoms with E-state index in [1.54, 1.807) is 7.11 Å². The van der Waals surface area contributed by atoms with Crippen molar-refractivity contribution in [1.82, 2.24) is 0 Å². The molecular formula is C10H17NO2. The predicted octanol–water partition coefficient (Wildman–Crippen LogP) is 0.723. The van der Waals surface area contributed by atoms with Crippen LogP contribution >= 0.6 is 0 Å². The molecule has 0 radical (unpaired) electrons. The molecule has 0 heterocycles. The second-order valence-electron chi connectivity index (χ2n) is 2.91. The molecule has 3 heteroatoms. The molecule has 1 atom stereocenters. The number of carbonyl (C=O) groups excluding carboxylic acids is 1. The maximum absolute atomic E-state index is 11.3. The maximum atomic E-state index is 11.3. The van der Waals surface area contributed by atoms with Gasteiger partial charge in [-0.15, -0.1) is 12.3 Å². The minimum atomic E-state index is -0.391. The van der Waals surface area contributed by atoms with E-state index >= 15 is 0 Å². The van der Waals surface area contributed by atoms with Crippen LogP contribution in [0.5, 0.6) is 0 Å². The molecule has 13 heavy (non-hydrogen) atoms. The van der Waals surface area contributed by atoms with Crippen molar-refractivity contribution in [2.45, 2.75) is 31.7 Å². The smallest absolute Gasteiger partial charge is 0.149 e. The van der Waals surface area contributed by atoms with Crippen LogP contribution in [-0.2, 0) is 9.53 Å². The summed E-state index contributed by atoms with van der Waals surface area (Å²) in [6.45, 7) is 0.530. The zero-order valence-electron chi connectivity index (χ0n) is 8.08. The molecular weight excluding hydrogens is 166 g/mol. The fraction of sp³-hybridized carbons (Fsp3) is 0.700. The quantitative estimate of drug-likeness (QED) is 0.467. The largest absolute Gasteiger partial charge is 0.385 e. The molecule has 0 saturated heterocycles. The van der Waals surface area contributed by atoms with E-state index in [1.165, 1.54) is 0 Å². The third-order valence-corrected chi connectivity index (χ3v) is 1.79. The highest BCUT2D eigenvalue weighted by Crippen LogP contribution is 2.00. The van der Waals surface area contributed by atoms with Gasteiger partial charge >= 0.3 is 0 Å². The molecule has 0 aromatic rings. The first-order valence-electron chi connectivity index (χ1n) is 4.43. The Labute approximate surface area is 79.6 Å². The molecule has 0 aromatic carbocycles. The normalized spacial score (nSPS) is 12.1. The summed E-state index contributed by atoms with van der Waals surface area (Å²) >= 11 is 0. The van der Waals surface area contributed by atoms with E-state index in [9.17, 15) is 4.79 Å². The number of Topliss-reactive ketones (excluding diaryl/α,β-unsaturated/α-hetero) is 1. The van der Waals surface area contributed by atoms with Gasteiger partial charge in [-0.3, -0.25) is 4.79 Å². The first kappa shape index (κ1) is 12.2. The molecule has 0 amide bonds. The van der Waals surface area contributed by atoms with E-state index in [0.29, 0.717) is 25.9 Å². The number of ether oxygens (including phenoxy) is 1. The number of ketones is 1. The summed E-state index contributed by atoms with van der Waals surface area (Å²) in [5.41, 5.74) is 5.60. The van der Waals surface area contributed by atoms with Gasteiger partial charge in [0.15, 0.2) is 0 Å².